The second-order valence-electron chi connectivity index (χ2n) is 7.83. The molecule has 1 amide bonds. The highest BCUT2D eigenvalue weighted by molar-refractivity contribution is 8.00. The standard InChI is InChI=1S/C26H22ClN3OS/c1-17-15-20(30-13-4-14-32-30)9-10-21(17)26(31)28-19-8-11-23(27)22(16-19)25-12-7-18-5-2-3-6-24(18)29-25/h2-3,5-12,15-16H,4,13-14H2,1H3,(H,28,31). The van der Waals surface area contributed by atoms with Gasteiger partial charge in [0, 0.05) is 40.2 Å². The van der Waals surface area contributed by atoms with Crippen LogP contribution in [0.3, 0.4) is 0 Å². The zero-order valence-corrected chi connectivity index (χ0v) is 19.2. The lowest BCUT2D eigenvalue weighted by molar-refractivity contribution is 0.102. The number of benzene rings is 3. The third-order valence-corrected chi connectivity index (χ3v) is 7.10. The van der Waals surface area contributed by atoms with Crippen LogP contribution in [0.15, 0.2) is 72.8 Å². The van der Waals surface area contributed by atoms with Crippen LogP contribution in [0.1, 0.15) is 22.3 Å². The van der Waals surface area contributed by atoms with Gasteiger partial charge in [-0.1, -0.05) is 35.9 Å². The first kappa shape index (κ1) is 20.9. The predicted octanol–water partition coefficient (Wildman–Crippen LogP) is 6.97. The molecule has 0 saturated carbocycles. The van der Waals surface area contributed by atoms with Crippen molar-refractivity contribution < 1.29 is 4.79 Å². The third kappa shape index (κ3) is 4.18. The number of hydrogen-bond donors (Lipinski definition) is 1. The lowest BCUT2D eigenvalue weighted by Crippen LogP contribution is -2.15. The van der Waals surface area contributed by atoms with Gasteiger partial charge in [-0.3, -0.25) is 4.79 Å². The number of pyridine rings is 1. The molecule has 1 N–H and O–H groups in total. The van der Waals surface area contributed by atoms with Gasteiger partial charge in [0.2, 0.25) is 0 Å². The number of nitrogens with one attached hydrogen (secondary N) is 1. The largest absolute Gasteiger partial charge is 0.322 e. The number of anilines is 2. The number of hydrogen-bond acceptors (Lipinski definition) is 4. The Kier molecular flexibility index (Phi) is 5.77. The van der Waals surface area contributed by atoms with Gasteiger partial charge in [0.05, 0.1) is 16.2 Å². The first-order valence-corrected chi connectivity index (χ1v) is 11.9. The maximum atomic E-state index is 13.0. The van der Waals surface area contributed by atoms with Crippen molar-refractivity contribution >= 4 is 51.7 Å². The van der Waals surface area contributed by atoms with Crippen LogP contribution in [0.4, 0.5) is 11.4 Å². The molecule has 1 aromatic heterocycles. The zero-order chi connectivity index (χ0) is 22.1. The summed E-state index contributed by atoms with van der Waals surface area (Å²) in [4.78, 5) is 17.7. The van der Waals surface area contributed by atoms with E-state index >= 15 is 0 Å². The fourth-order valence-electron chi connectivity index (χ4n) is 3.92. The maximum Gasteiger partial charge on any atom is 0.255 e. The van der Waals surface area contributed by atoms with Crippen LogP contribution in [-0.2, 0) is 0 Å². The summed E-state index contributed by atoms with van der Waals surface area (Å²) in [5, 5.41) is 4.68. The number of nitrogens with zero attached hydrogens (tertiary/aromatic N) is 2. The summed E-state index contributed by atoms with van der Waals surface area (Å²) in [6.45, 7) is 3.03. The molecule has 5 rings (SSSR count). The van der Waals surface area contributed by atoms with Crippen molar-refractivity contribution in [2.24, 2.45) is 0 Å². The van der Waals surface area contributed by atoms with Crippen molar-refractivity contribution in [1.82, 2.24) is 4.98 Å². The number of carbonyl (C=O) groups is 1. The SMILES string of the molecule is Cc1cc(N2CCCS2)ccc1C(=O)Nc1ccc(Cl)c(-c2ccc3ccccc3n2)c1. The van der Waals surface area contributed by atoms with Crippen LogP contribution in [0.25, 0.3) is 22.2 Å². The highest BCUT2D eigenvalue weighted by Crippen LogP contribution is 2.32. The number of aromatic nitrogens is 1. The summed E-state index contributed by atoms with van der Waals surface area (Å²) in [5.74, 6) is 1.01. The fraction of sp³-hybridized carbons (Fsp3) is 0.154. The molecule has 1 aliphatic rings. The Morgan fingerprint density at radius 1 is 1.06 bits per heavy atom. The molecule has 2 heterocycles. The Morgan fingerprint density at radius 3 is 2.75 bits per heavy atom. The molecule has 1 aliphatic heterocycles. The van der Waals surface area contributed by atoms with E-state index in [0.717, 1.165) is 45.7 Å². The smallest absolute Gasteiger partial charge is 0.255 e. The van der Waals surface area contributed by atoms with Gasteiger partial charge >= 0.3 is 0 Å². The lowest BCUT2D eigenvalue weighted by atomic mass is 10.1. The Hall–Kier alpha value is -3.02. The number of halogens is 1. The van der Waals surface area contributed by atoms with E-state index in [-0.39, 0.29) is 5.91 Å². The van der Waals surface area contributed by atoms with Crippen molar-refractivity contribution in [3.8, 4) is 11.3 Å². The first-order valence-electron chi connectivity index (χ1n) is 10.6. The van der Waals surface area contributed by atoms with E-state index in [9.17, 15) is 4.79 Å². The predicted molar refractivity (Wildman–Crippen MR) is 136 cm³/mol. The summed E-state index contributed by atoms with van der Waals surface area (Å²) >= 11 is 8.32. The fourth-order valence-corrected chi connectivity index (χ4v) is 5.14. The summed E-state index contributed by atoms with van der Waals surface area (Å²) in [7, 11) is 0. The summed E-state index contributed by atoms with van der Waals surface area (Å²) in [6.07, 6.45) is 1.19. The highest BCUT2D eigenvalue weighted by Gasteiger charge is 2.17. The minimum atomic E-state index is -0.136. The number of fused-ring (bicyclic) bond motifs is 1. The first-order chi connectivity index (χ1) is 15.6. The van der Waals surface area contributed by atoms with Crippen LogP contribution in [0.2, 0.25) is 5.02 Å². The molecule has 3 aromatic carbocycles. The third-order valence-electron chi connectivity index (χ3n) is 5.59. The molecule has 0 unspecified atom stereocenters. The monoisotopic (exact) mass is 459 g/mol. The molecule has 0 bridgehead atoms. The molecule has 1 saturated heterocycles. The number of amides is 1. The molecule has 0 radical (unpaired) electrons. The molecule has 160 valence electrons. The van der Waals surface area contributed by atoms with E-state index in [4.69, 9.17) is 16.6 Å². The van der Waals surface area contributed by atoms with Crippen LogP contribution >= 0.6 is 23.5 Å². The van der Waals surface area contributed by atoms with Gasteiger partial charge in [-0.2, -0.15) is 0 Å². The summed E-state index contributed by atoms with van der Waals surface area (Å²) in [5.41, 5.74) is 5.92. The Bertz CT molecular complexity index is 1320. The Morgan fingerprint density at radius 2 is 1.94 bits per heavy atom. The van der Waals surface area contributed by atoms with E-state index in [0.29, 0.717) is 16.3 Å². The normalized spacial score (nSPS) is 13.5. The molecule has 4 aromatic rings. The second-order valence-corrected chi connectivity index (χ2v) is 9.34. The van der Waals surface area contributed by atoms with Crippen molar-refractivity contribution in [3.05, 3.63) is 88.9 Å². The van der Waals surface area contributed by atoms with Gasteiger partial charge in [0.1, 0.15) is 0 Å². The van der Waals surface area contributed by atoms with Gasteiger partial charge in [-0.25, -0.2) is 4.98 Å². The average Bonchev–Trinajstić information content (AvgIpc) is 3.35. The van der Waals surface area contributed by atoms with Gasteiger partial charge in [0.25, 0.3) is 5.91 Å². The highest BCUT2D eigenvalue weighted by atomic mass is 35.5. The summed E-state index contributed by atoms with van der Waals surface area (Å²) < 4.78 is 2.29. The Labute approximate surface area is 196 Å². The topological polar surface area (TPSA) is 45.2 Å². The zero-order valence-electron chi connectivity index (χ0n) is 17.6. The molecule has 0 aliphatic carbocycles. The van der Waals surface area contributed by atoms with Gasteiger partial charge < -0.3 is 9.62 Å². The van der Waals surface area contributed by atoms with E-state index in [1.165, 1.54) is 6.42 Å². The van der Waals surface area contributed by atoms with Crippen molar-refractivity contribution in [2.45, 2.75) is 13.3 Å². The van der Waals surface area contributed by atoms with Gasteiger partial charge in [0.15, 0.2) is 0 Å². The van der Waals surface area contributed by atoms with Crippen molar-refractivity contribution in [1.29, 1.82) is 0 Å². The summed E-state index contributed by atoms with van der Waals surface area (Å²) in [6, 6.07) is 23.4. The molecular formula is C26H22ClN3OS. The Balaban J connectivity index is 1.40. The second kappa shape index (κ2) is 8.85. The molecule has 1 fully saturated rings. The van der Waals surface area contributed by atoms with Crippen LogP contribution in [0, 0.1) is 6.92 Å². The van der Waals surface area contributed by atoms with Gasteiger partial charge in [-0.05, 0) is 79.4 Å². The van der Waals surface area contributed by atoms with E-state index < -0.39 is 0 Å². The van der Waals surface area contributed by atoms with E-state index in [1.807, 2.05) is 79.5 Å². The number of carbonyl (C=O) groups excluding carboxylic acids is 1. The van der Waals surface area contributed by atoms with Crippen molar-refractivity contribution in [3.63, 3.8) is 0 Å². The number of para-hydroxylation sites is 1. The molecule has 6 heteroatoms. The molecule has 0 atom stereocenters. The number of rotatable bonds is 4. The van der Waals surface area contributed by atoms with Crippen LogP contribution < -0.4 is 9.62 Å². The minimum Gasteiger partial charge on any atom is -0.322 e. The van der Waals surface area contributed by atoms with Gasteiger partial charge in [-0.15, -0.1) is 0 Å². The molecule has 4 nitrogen and oxygen atoms in total. The van der Waals surface area contributed by atoms with E-state index in [2.05, 4.69) is 15.7 Å². The number of aryl methyl sites for hydroxylation is 1. The quantitative estimate of drug-likeness (QED) is 0.334. The molecule has 32 heavy (non-hydrogen) atoms. The van der Waals surface area contributed by atoms with E-state index in [1.54, 1.807) is 6.07 Å². The van der Waals surface area contributed by atoms with Crippen LogP contribution in [-0.4, -0.2) is 23.2 Å². The average molecular weight is 460 g/mol. The maximum absolute atomic E-state index is 13.0. The lowest BCUT2D eigenvalue weighted by Gasteiger charge is -2.17. The molecular weight excluding hydrogens is 438 g/mol. The van der Waals surface area contributed by atoms with Crippen LogP contribution in [0.5, 0.6) is 0 Å². The molecule has 0 spiro atoms. The minimum absolute atomic E-state index is 0.136. The van der Waals surface area contributed by atoms with Crippen molar-refractivity contribution in [2.75, 3.05) is 21.9 Å².